The lowest BCUT2D eigenvalue weighted by Crippen LogP contribution is -2.23. The first kappa shape index (κ1) is 12.1. The van der Waals surface area contributed by atoms with Crippen LogP contribution in [0.4, 0.5) is 13.2 Å². The van der Waals surface area contributed by atoms with Crippen LogP contribution in [-0.4, -0.2) is 21.0 Å². The Balaban J connectivity index is 2.75. The maximum atomic E-state index is 12.4. The van der Waals surface area contributed by atoms with E-state index in [0.717, 1.165) is 12.1 Å². The number of carbonyl (C=O) groups is 1. The van der Waals surface area contributed by atoms with Crippen LogP contribution in [0, 0.1) is 0 Å². The Kier molecular flexibility index (Phi) is 2.57. The first-order chi connectivity index (χ1) is 8.29. The summed E-state index contributed by atoms with van der Waals surface area (Å²) in [5, 5.41) is 8.71. The molecule has 1 aromatic carbocycles. The Bertz CT molecular complexity index is 691. The molecule has 1 heterocycles. The van der Waals surface area contributed by atoms with E-state index < -0.39 is 23.4 Å². The van der Waals surface area contributed by atoms with E-state index in [-0.39, 0.29) is 16.6 Å². The highest BCUT2D eigenvalue weighted by atomic mass is 19.4. The van der Waals surface area contributed by atoms with Crippen LogP contribution >= 0.6 is 0 Å². The summed E-state index contributed by atoms with van der Waals surface area (Å²) in [6.45, 7) is 0. The fraction of sp³-hybridized carbons (Fsp3) is 0.100. The minimum absolute atomic E-state index is 0.0398. The molecule has 0 aliphatic carbocycles. The minimum Gasteiger partial charge on any atom is -0.478 e. The summed E-state index contributed by atoms with van der Waals surface area (Å²) in [5.74, 6) is -1.29. The van der Waals surface area contributed by atoms with Crippen molar-refractivity contribution in [2.24, 2.45) is 0 Å². The number of hydrogen-bond acceptors (Lipinski definition) is 3. The molecule has 1 aromatic heterocycles. The van der Waals surface area contributed by atoms with Crippen LogP contribution in [-0.2, 0) is 6.18 Å². The van der Waals surface area contributed by atoms with E-state index >= 15 is 0 Å². The number of nitrogens with one attached hydrogen (secondary N) is 1. The quantitative estimate of drug-likeness (QED) is 0.814. The maximum Gasteiger partial charge on any atom is 0.438 e. The topological polar surface area (TPSA) is 83.0 Å². The molecule has 0 amide bonds. The van der Waals surface area contributed by atoms with Crippen molar-refractivity contribution in [3.8, 4) is 0 Å². The second-order valence-electron chi connectivity index (χ2n) is 3.45. The zero-order valence-electron chi connectivity index (χ0n) is 8.58. The van der Waals surface area contributed by atoms with Crippen molar-refractivity contribution in [3.63, 3.8) is 0 Å². The molecule has 2 aromatic rings. The summed E-state index contributed by atoms with van der Waals surface area (Å²) in [6.07, 6.45) is -4.89. The molecule has 0 spiro atoms. The number of aromatic amines is 1. The summed E-state index contributed by atoms with van der Waals surface area (Å²) in [4.78, 5) is 27.0. The van der Waals surface area contributed by atoms with Gasteiger partial charge in [0.05, 0.1) is 16.6 Å². The highest BCUT2D eigenvalue weighted by Crippen LogP contribution is 2.25. The van der Waals surface area contributed by atoms with Crippen LogP contribution in [0.25, 0.3) is 11.0 Å². The van der Waals surface area contributed by atoms with Crippen molar-refractivity contribution in [3.05, 3.63) is 39.8 Å². The minimum atomic E-state index is -4.89. The average molecular weight is 258 g/mol. The molecule has 8 heteroatoms. The van der Waals surface area contributed by atoms with E-state index in [0.29, 0.717) is 0 Å². The average Bonchev–Trinajstić information content (AvgIpc) is 2.25. The number of fused-ring (bicyclic) bond motifs is 1. The van der Waals surface area contributed by atoms with Gasteiger partial charge in [-0.05, 0) is 18.2 Å². The fourth-order valence-corrected chi connectivity index (χ4v) is 1.41. The second-order valence-corrected chi connectivity index (χ2v) is 3.45. The van der Waals surface area contributed by atoms with Crippen LogP contribution in [0.3, 0.4) is 0 Å². The fourth-order valence-electron chi connectivity index (χ4n) is 1.41. The van der Waals surface area contributed by atoms with Crippen LogP contribution in [0.15, 0.2) is 23.0 Å². The Hall–Kier alpha value is -2.38. The van der Waals surface area contributed by atoms with Gasteiger partial charge in [-0.15, -0.1) is 0 Å². The molecule has 0 fully saturated rings. The van der Waals surface area contributed by atoms with Crippen molar-refractivity contribution in [2.75, 3.05) is 0 Å². The van der Waals surface area contributed by atoms with Gasteiger partial charge >= 0.3 is 12.1 Å². The molecule has 0 saturated carbocycles. The zero-order chi connectivity index (χ0) is 13.5. The smallest absolute Gasteiger partial charge is 0.438 e. The molecular formula is C10H5F3N2O3. The lowest BCUT2D eigenvalue weighted by Gasteiger charge is -2.06. The maximum absolute atomic E-state index is 12.4. The van der Waals surface area contributed by atoms with Gasteiger partial charge in [0.25, 0.3) is 5.56 Å². The Morgan fingerprint density at radius 1 is 1.33 bits per heavy atom. The lowest BCUT2D eigenvalue weighted by atomic mass is 10.2. The SMILES string of the molecule is O=C(O)c1ccc2[nH]c(=O)c(C(F)(F)F)nc2c1. The van der Waals surface area contributed by atoms with Crippen LogP contribution in [0.5, 0.6) is 0 Å². The first-order valence-corrected chi connectivity index (χ1v) is 4.63. The zero-order valence-corrected chi connectivity index (χ0v) is 8.58. The Labute approximate surface area is 96.9 Å². The van der Waals surface area contributed by atoms with Gasteiger partial charge in [-0.2, -0.15) is 13.2 Å². The Morgan fingerprint density at radius 3 is 2.56 bits per heavy atom. The van der Waals surface area contributed by atoms with Gasteiger partial charge in [0, 0.05) is 0 Å². The summed E-state index contributed by atoms with van der Waals surface area (Å²) in [6, 6.07) is 3.31. The van der Waals surface area contributed by atoms with Gasteiger partial charge in [0.1, 0.15) is 0 Å². The molecule has 0 aliphatic heterocycles. The molecule has 18 heavy (non-hydrogen) atoms. The molecule has 2 N–H and O–H groups in total. The predicted molar refractivity (Wildman–Crippen MR) is 54.3 cm³/mol. The number of aromatic nitrogens is 2. The van der Waals surface area contributed by atoms with Crippen molar-refractivity contribution in [1.82, 2.24) is 9.97 Å². The second kappa shape index (κ2) is 3.83. The number of alkyl halides is 3. The third kappa shape index (κ3) is 2.04. The van der Waals surface area contributed by atoms with E-state index in [1.54, 1.807) is 0 Å². The van der Waals surface area contributed by atoms with Gasteiger partial charge in [-0.3, -0.25) is 4.79 Å². The third-order valence-electron chi connectivity index (χ3n) is 2.21. The van der Waals surface area contributed by atoms with Gasteiger partial charge in [-0.1, -0.05) is 0 Å². The number of hydrogen-bond donors (Lipinski definition) is 2. The molecular weight excluding hydrogens is 253 g/mol. The summed E-state index contributed by atoms with van der Waals surface area (Å²) >= 11 is 0. The summed E-state index contributed by atoms with van der Waals surface area (Å²) in [5.41, 5.74) is -3.37. The van der Waals surface area contributed by atoms with Crippen LogP contribution in [0.2, 0.25) is 0 Å². The molecule has 0 atom stereocenters. The van der Waals surface area contributed by atoms with Gasteiger partial charge in [-0.25, -0.2) is 9.78 Å². The van der Waals surface area contributed by atoms with E-state index in [9.17, 15) is 22.8 Å². The van der Waals surface area contributed by atoms with E-state index in [1.807, 2.05) is 4.98 Å². The van der Waals surface area contributed by atoms with Crippen molar-refractivity contribution < 1.29 is 23.1 Å². The number of carboxylic acids is 1. The van der Waals surface area contributed by atoms with E-state index in [4.69, 9.17) is 5.11 Å². The van der Waals surface area contributed by atoms with Gasteiger partial charge in [0.2, 0.25) is 5.69 Å². The Morgan fingerprint density at radius 2 is 2.00 bits per heavy atom. The largest absolute Gasteiger partial charge is 0.478 e. The molecule has 94 valence electrons. The van der Waals surface area contributed by atoms with Crippen molar-refractivity contribution in [1.29, 1.82) is 0 Å². The number of halogens is 3. The van der Waals surface area contributed by atoms with E-state index in [1.165, 1.54) is 6.07 Å². The molecule has 0 unspecified atom stereocenters. The molecule has 0 aliphatic rings. The van der Waals surface area contributed by atoms with E-state index in [2.05, 4.69) is 4.98 Å². The molecule has 0 radical (unpaired) electrons. The monoisotopic (exact) mass is 258 g/mol. The number of benzene rings is 1. The third-order valence-corrected chi connectivity index (χ3v) is 2.21. The summed E-state index contributed by atoms with van der Waals surface area (Å²) in [7, 11) is 0. The first-order valence-electron chi connectivity index (χ1n) is 4.63. The lowest BCUT2D eigenvalue weighted by molar-refractivity contribution is -0.142. The van der Waals surface area contributed by atoms with Gasteiger partial charge in [0.15, 0.2) is 0 Å². The van der Waals surface area contributed by atoms with Crippen molar-refractivity contribution >= 4 is 17.0 Å². The number of rotatable bonds is 1. The number of carboxylic acid groups (broad SMARTS) is 1. The van der Waals surface area contributed by atoms with Gasteiger partial charge < -0.3 is 10.1 Å². The van der Waals surface area contributed by atoms with Crippen LogP contribution < -0.4 is 5.56 Å². The van der Waals surface area contributed by atoms with Crippen LogP contribution in [0.1, 0.15) is 16.1 Å². The highest BCUT2D eigenvalue weighted by molar-refractivity contribution is 5.92. The summed E-state index contributed by atoms with van der Waals surface area (Å²) < 4.78 is 37.3. The predicted octanol–water partition coefficient (Wildman–Crippen LogP) is 1.64. The number of aromatic carboxylic acids is 1. The standard InChI is InChI=1S/C10H5F3N2O3/c11-10(12,13)7-8(16)15-5-2-1-4(9(17)18)3-6(5)14-7/h1-3H,(H,15,16)(H,17,18). The van der Waals surface area contributed by atoms with Crippen molar-refractivity contribution in [2.45, 2.75) is 6.18 Å². The molecule has 0 bridgehead atoms. The molecule has 0 saturated heterocycles. The molecule has 2 rings (SSSR count). The molecule has 5 nitrogen and oxygen atoms in total. The highest BCUT2D eigenvalue weighted by Gasteiger charge is 2.36. The number of nitrogens with zero attached hydrogens (tertiary/aromatic N) is 1. The number of H-pyrrole nitrogens is 1. The normalized spacial score (nSPS) is 11.7.